The number of halogens is 1. The third-order valence-electron chi connectivity index (χ3n) is 3.54. The molecule has 3 nitrogen and oxygen atoms in total. The van der Waals surface area contributed by atoms with Crippen molar-refractivity contribution in [1.29, 1.82) is 0 Å². The van der Waals surface area contributed by atoms with Gasteiger partial charge in [-0.25, -0.2) is 0 Å². The van der Waals surface area contributed by atoms with Crippen molar-refractivity contribution in [3.8, 4) is 0 Å². The molecule has 1 saturated carbocycles. The van der Waals surface area contributed by atoms with Gasteiger partial charge in [0, 0.05) is 30.1 Å². The smallest absolute Gasteiger partial charge is 0.224 e. The second kappa shape index (κ2) is 6.40. The molecule has 1 unspecified atom stereocenters. The van der Waals surface area contributed by atoms with Gasteiger partial charge in [-0.3, -0.25) is 4.79 Å². The predicted octanol–water partition coefficient (Wildman–Crippen LogP) is 2.96. The molecule has 2 rings (SSSR count). The normalized spacial score (nSPS) is 16.2. The topological polar surface area (TPSA) is 46.3 Å². The van der Waals surface area contributed by atoms with Crippen LogP contribution in [0.1, 0.15) is 38.2 Å². The van der Waals surface area contributed by atoms with Gasteiger partial charge in [0.15, 0.2) is 0 Å². The minimum atomic E-state index is -0.0287. The summed E-state index contributed by atoms with van der Waals surface area (Å²) in [6.07, 6.45) is 3.51. The standard InChI is InChI=1S/C15H21ClN2O/c1-2-13(17)9-15(19)18(14-7-8-14)10-11-3-5-12(16)6-4-11/h3-6,13-14H,2,7-10,17H2,1H3. The fraction of sp³-hybridized carbons (Fsp3) is 0.533. The zero-order valence-electron chi connectivity index (χ0n) is 11.3. The van der Waals surface area contributed by atoms with Crippen LogP contribution in [0.4, 0.5) is 0 Å². The van der Waals surface area contributed by atoms with Crippen LogP contribution in [-0.4, -0.2) is 22.9 Å². The lowest BCUT2D eigenvalue weighted by Gasteiger charge is -2.24. The largest absolute Gasteiger partial charge is 0.335 e. The van der Waals surface area contributed by atoms with Gasteiger partial charge in [-0.05, 0) is 37.0 Å². The van der Waals surface area contributed by atoms with E-state index in [0.29, 0.717) is 19.0 Å². The highest BCUT2D eigenvalue weighted by molar-refractivity contribution is 6.30. The van der Waals surface area contributed by atoms with Crippen LogP contribution in [0.3, 0.4) is 0 Å². The highest BCUT2D eigenvalue weighted by Gasteiger charge is 2.32. The SMILES string of the molecule is CCC(N)CC(=O)N(Cc1ccc(Cl)cc1)C1CC1. The first-order valence-corrected chi connectivity index (χ1v) is 7.27. The Morgan fingerprint density at radius 1 is 1.42 bits per heavy atom. The van der Waals surface area contributed by atoms with Crippen molar-refractivity contribution in [2.24, 2.45) is 5.73 Å². The van der Waals surface area contributed by atoms with Crippen LogP contribution < -0.4 is 5.73 Å². The highest BCUT2D eigenvalue weighted by Crippen LogP contribution is 2.29. The van der Waals surface area contributed by atoms with E-state index in [1.807, 2.05) is 36.1 Å². The summed E-state index contributed by atoms with van der Waals surface area (Å²) in [4.78, 5) is 14.3. The van der Waals surface area contributed by atoms with E-state index in [4.69, 9.17) is 17.3 Å². The van der Waals surface area contributed by atoms with Crippen molar-refractivity contribution in [3.63, 3.8) is 0 Å². The molecule has 0 spiro atoms. The minimum absolute atomic E-state index is 0.0287. The van der Waals surface area contributed by atoms with Gasteiger partial charge in [-0.2, -0.15) is 0 Å². The average molecular weight is 281 g/mol. The average Bonchev–Trinajstić information content (AvgIpc) is 3.22. The first-order valence-electron chi connectivity index (χ1n) is 6.89. The molecule has 2 N–H and O–H groups in total. The molecule has 1 aromatic rings. The Morgan fingerprint density at radius 3 is 2.58 bits per heavy atom. The van der Waals surface area contributed by atoms with E-state index >= 15 is 0 Å². The summed E-state index contributed by atoms with van der Waals surface area (Å²) in [5, 5.41) is 0.723. The van der Waals surface area contributed by atoms with Crippen molar-refractivity contribution >= 4 is 17.5 Å². The lowest BCUT2D eigenvalue weighted by atomic mass is 10.1. The summed E-state index contributed by atoms with van der Waals surface area (Å²) in [5.41, 5.74) is 7.00. The maximum atomic E-state index is 12.3. The van der Waals surface area contributed by atoms with Crippen LogP contribution in [0.5, 0.6) is 0 Å². The van der Waals surface area contributed by atoms with Crippen molar-refractivity contribution in [2.75, 3.05) is 0 Å². The Morgan fingerprint density at radius 2 is 2.05 bits per heavy atom. The predicted molar refractivity (Wildman–Crippen MR) is 77.9 cm³/mol. The van der Waals surface area contributed by atoms with Gasteiger partial charge in [0.05, 0.1) is 0 Å². The molecule has 1 aliphatic carbocycles. The maximum Gasteiger partial charge on any atom is 0.224 e. The Hall–Kier alpha value is -1.06. The summed E-state index contributed by atoms with van der Waals surface area (Å²) in [7, 11) is 0. The quantitative estimate of drug-likeness (QED) is 0.871. The number of carbonyl (C=O) groups excluding carboxylic acids is 1. The van der Waals surface area contributed by atoms with Gasteiger partial charge in [0.25, 0.3) is 0 Å². The van der Waals surface area contributed by atoms with Crippen LogP contribution in [-0.2, 0) is 11.3 Å². The summed E-state index contributed by atoms with van der Waals surface area (Å²) in [6, 6.07) is 8.07. The van der Waals surface area contributed by atoms with Gasteiger partial charge < -0.3 is 10.6 Å². The summed E-state index contributed by atoms with van der Waals surface area (Å²) in [5.74, 6) is 0.173. The fourth-order valence-corrected chi connectivity index (χ4v) is 2.21. The Kier molecular flexibility index (Phi) is 4.83. The number of hydrogen-bond acceptors (Lipinski definition) is 2. The van der Waals surface area contributed by atoms with Gasteiger partial charge in [0.2, 0.25) is 5.91 Å². The molecule has 0 saturated heterocycles. The van der Waals surface area contributed by atoms with Gasteiger partial charge in [0.1, 0.15) is 0 Å². The van der Waals surface area contributed by atoms with Crippen LogP contribution in [0.25, 0.3) is 0 Å². The molecular weight excluding hydrogens is 260 g/mol. The molecule has 1 fully saturated rings. The maximum absolute atomic E-state index is 12.3. The Bertz CT molecular complexity index is 428. The zero-order chi connectivity index (χ0) is 13.8. The summed E-state index contributed by atoms with van der Waals surface area (Å²) >= 11 is 5.88. The van der Waals surface area contributed by atoms with E-state index in [1.54, 1.807) is 0 Å². The molecule has 1 amide bonds. The number of nitrogens with zero attached hydrogens (tertiary/aromatic N) is 1. The van der Waals surface area contributed by atoms with E-state index in [9.17, 15) is 4.79 Å². The highest BCUT2D eigenvalue weighted by atomic mass is 35.5. The fourth-order valence-electron chi connectivity index (χ4n) is 2.08. The summed E-state index contributed by atoms with van der Waals surface area (Å²) in [6.45, 7) is 2.68. The van der Waals surface area contributed by atoms with Gasteiger partial charge >= 0.3 is 0 Å². The molecular formula is C15H21ClN2O. The van der Waals surface area contributed by atoms with Crippen molar-refractivity contribution in [1.82, 2.24) is 4.90 Å². The Balaban J connectivity index is 2.00. The molecule has 19 heavy (non-hydrogen) atoms. The van der Waals surface area contributed by atoms with E-state index in [0.717, 1.165) is 29.8 Å². The molecule has 0 bridgehead atoms. The van der Waals surface area contributed by atoms with E-state index in [-0.39, 0.29) is 11.9 Å². The number of hydrogen-bond donors (Lipinski definition) is 1. The summed E-state index contributed by atoms with van der Waals surface area (Å²) < 4.78 is 0. The van der Waals surface area contributed by atoms with E-state index in [2.05, 4.69) is 0 Å². The number of rotatable bonds is 6. The van der Waals surface area contributed by atoms with E-state index in [1.165, 1.54) is 0 Å². The molecule has 4 heteroatoms. The van der Waals surface area contributed by atoms with Gasteiger partial charge in [-0.15, -0.1) is 0 Å². The second-order valence-electron chi connectivity index (χ2n) is 5.25. The van der Waals surface area contributed by atoms with Crippen LogP contribution in [0.15, 0.2) is 24.3 Å². The molecule has 0 aliphatic heterocycles. The Labute approximate surface area is 119 Å². The van der Waals surface area contributed by atoms with Crippen molar-refractivity contribution in [2.45, 2.75) is 51.2 Å². The lowest BCUT2D eigenvalue weighted by Crippen LogP contribution is -2.36. The second-order valence-corrected chi connectivity index (χ2v) is 5.69. The molecule has 1 aliphatic rings. The number of nitrogens with two attached hydrogens (primary N) is 1. The number of amides is 1. The molecule has 0 heterocycles. The first-order chi connectivity index (χ1) is 9.10. The number of benzene rings is 1. The van der Waals surface area contributed by atoms with Crippen LogP contribution in [0, 0.1) is 0 Å². The number of carbonyl (C=O) groups is 1. The molecule has 0 radical (unpaired) electrons. The minimum Gasteiger partial charge on any atom is -0.335 e. The van der Waals surface area contributed by atoms with Gasteiger partial charge in [-0.1, -0.05) is 30.7 Å². The zero-order valence-corrected chi connectivity index (χ0v) is 12.1. The van der Waals surface area contributed by atoms with Crippen LogP contribution in [0.2, 0.25) is 5.02 Å². The van der Waals surface area contributed by atoms with E-state index < -0.39 is 0 Å². The van der Waals surface area contributed by atoms with Crippen LogP contribution >= 0.6 is 11.6 Å². The molecule has 1 atom stereocenters. The van der Waals surface area contributed by atoms with Crippen molar-refractivity contribution in [3.05, 3.63) is 34.9 Å². The lowest BCUT2D eigenvalue weighted by molar-refractivity contribution is -0.132. The molecule has 0 aromatic heterocycles. The molecule has 1 aromatic carbocycles. The van der Waals surface area contributed by atoms with Crippen molar-refractivity contribution < 1.29 is 4.79 Å². The third kappa shape index (κ3) is 4.22. The molecule has 104 valence electrons. The first kappa shape index (κ1) is 14.4. The monoisotopic (exact) mass is 280 g/mol. The third-order valence-corrected chi connectivity index (χ3v) is 3.79.